The molecule has 60 heavy (non-hydrogen) atoms. The van der Waals surface area contributed by atoms with Crippen molar-refractivity contribution in [2.45, 2.75) is 67.7 Å². The Kier molecular flexibility index (Phi) is 26.3. The third-order valence-corrected chi connectivity index (χ3v) is 6.30. The first-order valence-electron chi connectivity index (χ1n) is 16.9. The summed E-state index contributed by atoms with van der Waals surface area (Å²) in [5, 5.41) is 44.0. The van der Waals surface area contributed by atoms with Gasteiger partial charge in [0.2, 0.25) is 5.76 Å². The Morgan fingerprint density at radius 3 is 1.27 bits per heavy atom. The predicted molar refractivity (Wildman–Crippen MR) is 209 cm³/mol. The number of allylic oxidation sites excluding steroid dienone is 7. The van der Waals surface area contributed by atoms with E-state index < -0.39 is 41.4 Å². The fourth-order valence-corrected chi connectivity index (χ4v) is 3.13. The van der Waals surface area contributed by atoms with Gasteiger partial charge in [-0.15, -0.1) is 0 Å². The van der Waals surface area contributed by atoms with Crippen LogP contribution in [0.3, 0.4) is 0 Å². The Hall–Kier alpha value is -5.87. The van der Waals surface area contributed by atoms with Crippen molar-refractivity contribution < 1.29 is 96.0 Å². The van der Waals surface area contributed by atoms with Crippen LogP contribution in [0.25, 0.3) is 5.76 Å². The van der Waals surface area contributed by atoms with Gasteiger partial charge < -0.3 is 25.5 Å². The van der Waals surface area contributed by atoms with E-state index in [-0.39, 0.29) is 65.8 Å². The van der Waals surface area contributed by atoms with E-state index in [1.807, 2.05) is 65.8 Å². The van der Waals surface area contributed by atoms with Crippen LogP contribution >= 0.6 is 0 Å². The molecular weight excluding hydrogens is 985 g/mol. The zero-order chi connectivity index (χ0) is 46.4. The van der Waals surface area contributed by atoms with E-state index in [0.717, 1.165) is 0 Å². The molecule has 2 aromatic carbocycles. The molecule has 0 saturated carbocycles. The maximum Gasteiger partial charge on any atom is 0.454 e. The Morgan fingerprint density at radius 1 is 0.533 bits per heavy atom. The molecule has 0 spiro atoms. The van der Waals surface area contributed by atoms with Crippen molar-refractivity contribution in [2.75, 3.05) is 0 Å². The van der Waals surface area contributed by atoms with Crippen LogP contribution in [0, 0.1) is 10.8 Å². The van der Waals surface area contributed by atoms with Crippen molar-refractivity contribution in [1.82, 2.24) is 4.98 Å². The number of halogens is 6. The SMILES string of the molecule is CC(=O)C=C(C)O.CC(C)(C)C(=O)/C=C(\O)C(C)(C)C.O=C(/C=C(\O)C(F)(F)F)C(F)(F)F.O=C(/C=C(\O)c1ccccc1)c1ccccc1.O=C(O)c1ccccn1.[Ir]. The summed E-state index contributed by atoms with van der Waals surface area (Å²) in [5.74, 6) is -6.50. The fourth-order valence-electron chi connectivity index (χ4n) is 3.13. The topological polar surface area (TPSA) is 199 Å². The van der Waals surface area contributed by atoms with Crippen LogP contribution in [-0.2, 0) is 34.5 Å². The number of carboxylic acid groups (broad SMARTS) is 1. The molecule has 0 aliphatic rings. The molecule has 5 N–H and O–H groups in total. The van der Waals surface area contributed by atoms with Crippen LogP contribution in [0.2, 0.25) is 0 Å². The van der Waals surface area contributed by atoms with E-state index in [9.17, 15) is 60.5 Å². The maximum atomic E-state index is 11.8. The zero-order valence-electron chi connectivity index (χ0n) is 33.7. The number of ketones is 4. The summed E-state index contributed by atoms with van der Waals surface area (Å²) in [6, 6.07) is 22.6. The van der Waals surface area contributed by atoms with E-state index in [0.29, 0.717) is 11.1 Å². The predicted octanol–water partition coefficient (Wildman–Crippen LogP) is 10.5. The summed E-state index contributed by atoms with van der Waals surface area (Å²) in [4.78, 5) is 56.9. The molecule has 0 unspecified atom stereocenters. The van der Waals surface area contributed by atoms with Crippen LogP contribution in [0.1, 0.15) is 81.8 Å². The maximum absolute atomic E-state index is 11.8. The van der Waals surface area contributed by atoms with E-state index >= 15 is 0 Å². The molecule has 0 aliphatic heterocycles. The van der Waals surface area contributed by atoms with Crippen molar-refractivity contribution in [3.05, 3.63) is 143 Å². The number of aliphatic hydroxyl groups is 4. The summed E-state index contributed by atoms with van der Waals surface area (Å²) in [6.45, 7) is 14.0. The number of aromatic nitrogens is 1. The average molecular weight is 1030 g/mol. The van der Waals surface area contributed by atoms with E-state index in [4.69, 9.17) is 15.3 Å². The van der Waals surface area contributed by atoms with Crippen molar-refractivity contribution in [2.24, 2.45) is 10.8 Å². The Balaban J connectivity index is -0.000000695. The molecule has 0 bridgehead atoms. The third kappa shape index (κ3) is 27.7. The van der Waals surface area contributed by atoms with Gasteiger partial charge in [0.05, 0.1) is 5.76 Å². The number of rotatable bonds is 7. The van der Waals surface area contributed by atoms with Gasteiger partial charge in [-0.3, -0.25) is 19.2 Å². The minimum Gasteiger partial charge on any atom is -0.512 e. The quantitative estimate of drug-likeness (QED) is 0.0653. The van der Waals surface area contributed by atoms with Crippen molar-refractivity contribution in [1.29, 1.82) is 0 Å². The standard InChI is InChI=1S/C15H12O2.C11H20O2.C6H5NO2.C5H2F6O2.C5H8O2.Ir/c16-14(12-7-3-1-4-8-12)11-15(17)13-9-5-2-6-10-13;1-10(2,3)8(12)7-9(13)11(4,5)6;8-6(9)5-3-1-2-4-7-5;6-4(7,8)2(12)1-3(13)5(9,10)11;1-4(6)3-5(2)7;/h1-11,16H;7,12H,1-6H3;1-4H,(H,8,9);1,12H;3,6H,1-2H3;/b14-11-;8-7-;;2-1-;;. The van der Waals surface area contributed by atoms with Gasteiger partial charge >= 0.3 is 18.3 Å². The first kappa shape index (κ1) is 58.4. The number of aromatic carboxylic acids is 1. The minimum atomic E-state index is -5.42. The van der Waals surface area contributed by atoms with Crippen LogP contribution < -0.4 is 0 Å². The first-order chi connectivity index (χ1) is 26.8. The molecule has 1 aromatic heterocycles. The molecule has 3 aromatic rings. The van der Waals surface area contributed by atoms with Gasteiger partial charge in [0, 0.05) is 72.6 Å². The summed E-state index contributed by atoms with van der Waals surface area (Å²) in [5.41, 5.74) is 0.518. The van der Waals surface area contributed by atoms with Crippen LogP contribution in [0.15, 0.2) is 127 Å². The largest absolute Gasteiger partial charge is 0.512 e. The number of pyridine rings is 1. The third-order valence-electron chi connectivity index (χ3n) is 6.30. The Bertz CT molecular complexity index is 1890. The monoisotopic (exact) mass is 1030 g/mol. The summed E-state index contributed by atoms with van der Waals surface area (Å²) >= 11 is 0. The number of hydrogen-bond donors (Lipinski definition) is 5. The van der Waals surface area contributed by atoms with Crippen LogP contribution in [-0.4, -0.2) is 72.0 Å². The second kappa shape index (κ2) is 27.0. The molecule has 331 valence electrons. The molecule has 0 amide bonds. The second-order valence-electron chi connectivity index (χ2n) is 13.8. The van der Waals surface area contributed by atoms with Gasteiger partial charge in [-0.25, -0.2) is 9.78 Å². The molecule has 0 atom stereocenters. The number of nitrogens with zero attached hydrogens (tertiary/aromatic N) is 1. The molecule has 18 heteroatoms. The second-order valence-corrected chi connectivity index (χ2v) is 13.8. The van der Waals surface area contributed by atoms with Gasteiger partial charge in [0.1, 0.15) is 17.2 Å². The summed E-state index contributed by atoms with van der Waals surface area (Å²) < 4.78 is 68.1. The zero-order valence-corrected chi connectivity index (χ0v) is 36.1. The van der Waals surface area contributed by atoms with Gasteiger partial charge in [0.25, 0.3) is 5.78 Å². The number of carboxylic acids is 1. The smallest absolute Gasteiger partial charge is 0.454 e. The normalized spacial score (nSPS) is 12.1. The molecular formula is C42H47F6IrNO10. The molecule has 0 saturated heterocycles. The molecule has 11 nitrogen and oxygen atoms in total. The number of alkyl halides is 6. The fraction of sp³-hybridized carbons (Fsp3) is 0.286. The summed E-state index contributed by atoms with van der Waals surface area (Å²) in [7, 11) is 0. The number of carbonyl (C=O) groups excluding carboxylic acids is 4. The number of aliphatic hydroxyl groups excluding tert-OH is 4. The van der Waals surface area contributed by atoms with Crippen molar-refractivity contribution in [3.8, 4) is 0 Å². The Labute approximate surface area is 356 Å². The van der Waals surface area contributed by atoms with Gasteiger partial charge in [-0.05, 0) is 26.0 Å². The van der Waals surface area contributed by atoms with Crippen molar-refractivity contribution >= 4 is 34.9 Å². The number of benzene rings is 2. The van der Waals surface area contributed by atoms with Gasteiger partial charge in [-0.2, -0.15) is 26.3 Å². The average Bonchev–Trinajstić information content (AvgIpc) is 3.11. The minimum absolute atomic E-state index is 0. The molecule has 3 rings (SSSR count). The molecule has 0 fully saturated rings. The van der Waals surface area contributed by atoms with E-state index in [1.165, 1.54) is 44.3 Å². The van der Waals surface area contributed by atoms with Crippen molar-refractivity contribution in [3.63, 3.8) is 0 Å². The molecule has 0 aliphatic carbocycles. The molecule has 1 radical (unpaired) electrons. The summed E-state index contributed by atoms with van der Waals surface area (Å²) in [6.07, 6.45) is -6.49. The van der Waals surface area contributed by atoms with E-state index in [2.05, 4.69) is 4.98 Å². The number of hydrogen-bond acceptors (Lipinski definition) is 10. The van der Waals surface area contributed by atoms with E-state index in [1.54, 1.807) is 48.5 Å². The van der Waals surface area contributed by atoms with Crippen LogP contribution in [0.4, 0.5) is 26.3 Å². The van der Waals surface area contributed by atoms with Crippen LogP contribution in [0.5, 0.6) is 0 Å². The molecule has 1 heterocycles. The Morgan fingerprint density at radius 2 is 0.967 bits per heavy atom. The first-order valence-corrected chi connectivity index (χ1v) is 16.9. The number of carbonyl (C=O) groups is 5. The van der Waals surface area contributed by atoms with Gasteiger partial charge in [-0.1, -0.05) is 108 Å². The van der Waals surface area contributed by atoms with Gasteiger partial charge in [0.15, 0.2) is 17.3 Å².